The van der Waals surface area contributed by atoms with Crippen LogP contribution in [0.25, 0.3) is 10.9 Å². The second-order valence-electron chi connectivity index (χ2n) is 5.07. The molecule has 0 fully saturated rings. The number of aromatic nitrogens is 1. The quantitative estimate of drug-likeness (QED) is 0.782. The molecule has 4 nitrogen and oxygen atoms in total. The van der Waals surface area contributed by atoms with E-state index in [2.05, 4.69) is 5.32 Å². The molecule has 4 heteroatoms. The molecule has 0 saturated heterocycles. The zero-order chi connectivity index (χ0) is 14.7. The molecule has 0 spiro atoms. The Morgan fingerprint density at radius 3 is 2.81 bits per heavy atom. The molecule has 3 rings (SSSR count). The monoisotopic (exact) mass is 282 g/mol. The van der Waals surface area contributed by atoms with Gasteiger partial charge in [-0.1, -0.05) is 18.2 Å². The molecule has 0 saturated carbocycles. The van der Waals surface area contributed by atoms with Crippen molar-refractivity contribution in [2.24, 2.45) is 0 Å². The minimum atomic E-state index is 0.0288. The Bertz CT molecular complexity index is 775. The number of pyridine rings is 1. The predicted octanol–water partition coefficient (Wildman–Crippen LogP) is 2.95. The minimum absolute atomic E-state index is 0.0288. The molecule has 0 aliphatic heterocycles. The predicted molar refractivity (Wildman–Crippen MR) is 83.3 cm³/mol. The van der Waals surface area contributed by atoms with Gasteiger partial charge in [0.25, 0.3) is 5.56 Å². The lowest BCUT2D eigenvalue weighted by Crippen LogP contribution is -2.28. The molecule has 1 aromatic carbocycles. The van der Waals surface area contributed by atoms with Crippen molar-refractivity contribution >= 4 is 10.9 Å². The number of para-hydroxylation sites is 1. The summed E-state index contributed by atoms with van der Waals surface area (Å²) in [5.74, 6) is 0.903. The first-order chi connectivity index (χ1) is 10.3. The number of nitrogens with zero attached hydrogens (tertiary/aromatic N) is 1. The van der Waals surface area contributed by atoms with Gasteiger partial charge in [0.05, 0.1) is 17.8 Å². The van der Waals surface area contributed by atoms with Gasteiger partial charge in [-0.3, -0.25) is 4.79 Å². The van der Waals surface area contributed by atoms with Crippen molar-refractivity contribution in [3.63, 3.8) is 0 Å². The summed E-state index contributed by atoms with van der Waals surface area (Å²) in [5, 5.41) is 4.45. The van der Waals surface area contributed by atoms with Crippen molar-refractivity contribution in [2.75, 3.05) is 6.54 Å². The van der Waals surface area contributed by atoms with Crippen LogP contribution in [0.3, 0.4) is 0 Å². The van der Waals surface area contributed by atoms with E-state index < -0.39 is 0 Å². The van der Waals surface area contributed by atoms with Gasteiger partial charge in [0, 0.05) is 19.2 Å². The number of furan rings is 1. The highest BCUT2D eigenvalue weighted by molar-refractivity contribution is 5.78. The van der Waals surface area contributed by atoms with Crippen molar-refractivity contribution in [1.82, 2.24) is 9.88 Å². The molecule has 0 radical (unpaired) electrons. The molecule has 2 aromatic heterocycles. The number of rotatable bonds is 5. The highest BCUT2D eigenvalue weighted by atomic mass is 16.3. The van der Waals surface area contributed by atoms with Crippen LogP contribution in [-0.2, 0) is 6.54 Å². The van der Waals surface area contributed by atoms with Gasteiger partial charge in [0.15, 0.2) is 0 Å². The number of hydrogen-bond acceptors (Lipinski definition) is 3. The summed E-state index contributed by atoms with van der Waals surface area (Å²) >= 11 is 0. The molecule has 1 N–H and O–H groups in total. The van der Waals surface area contributed by atoms with Crippen LogP contribution in [0, 0.1) is 0 Å². The molecule has 2 heterocycles. The van der Waals surface area contributed by atoms with Gasteiger partial charge in [-0.25, -0.2) is 0 Å². The summed E-state index contributed by atoms with van der Waals surface area (Å²) < 4.78 is 7.16. The summed E-state index contributed by atoms with van der Waals surface area (Å²) in [6.07, 6.45) is 1.67. The first-order valence-corrected chi connectivity index (χ1v) is 7.11. The van der Waals surface area contributed by atoms with Crippen molar-refractivity contribution in [3.05, 3.63) is 70.9 Å². The van der Waals surface area contributed by atoms with Crippen LogP contribution in [0.15, 0.2) is 64.0 Å². The molecule has 0 aliphatic carbocycles. The van der Waals surface area contributed by atoms with E-state index in [1.165, 1.54) is 0 Å². The lowest BCUT2D eigenvalue weighted by Gasteiger charge is -2.14. The summed E-state index contributed by atoms with van der Waals surface area (Å²) in [4.78, 5) is 12.1. The van der Waals surface area contributed by atoms with Crippen LogP contribution in [0.2, 0.25) is 0 Å². The highest BCUT2D eigenvalue weighted by Gasteiger charge is 2.07. The van der Waals surface area contributed by atoms with Crippen LogP contribution in [-0.4, -0.2) is 11.1 Å². The van der Waals surface area contributed by atoms with Crippen molar-refractivity contribution in [3.8, 4) is 0 Å². The molecule has 3 aromatic rings. The minimum Gasteiger partial charge on any atom is -0.468 e. The van der Waals surface area contributed by atoms with E-state index in [0.29, 0.717) is 13.1 Å². The normalized spacial score (nSPS) is 12.6. The van der Waals surface area contributed by atoms with Gasteiger partial charge in [-0.2, -0.15) is 0 Å². The van der Waals surface area contributed by atoms with Gasteiger partial charge in [-0.05, 0) is 36.6 Å². The SMILES string of the molecule is CC(NCCn1c(=O)ccc2ccccc21)c1ccco1. The van der Waals surface area contributed by atoms with E-state index >= 15 is 0 Å². The van der Waals surface area contributed by atoms with Gasteiger partial charge < -0.3 is 14.3 Å². The Kier molecular flexibility index (Phi) is 3.88. The summed E-state index contributed by atoms with van der Waals surface area (Å²) in [5.41, 5.74) is 0.999. The van der Waals surface area contributed by atoms with Crippen molar-refractivity contribution in [2.45, 2.75) is 19.5 Å². The molecule has 0 bridgehead atoms. The van der Waals surface area contributed by atoms with E-state index in [9.17, 15) is 4.79 Å². The molecular weight excluding hydrogens is 264 g/mol. The second kappa shape index (κ2) is 5.97. The van der Waals surface area contributed by atoms with Gasteiger partial charge in [0.2, 0.25) is 0 Å². The zero-order valence-corrected chi connectivity index (χ0v) is 12.0. The van der Waals surface area contributed by atoms with Crippen molar-refractivity contribution < 1.29 is 4.42 Å². The Morgan fingerprint density at radius 1 is 1.14 bits per heavy atom. The van der Waals surface area contributed by atoms with E-state index in [0.717, 1.165) is 16.7 Å². The fourth-order valence-corrected chi connectivity index (χ4v) is 2.51. The molecule has 21 heavy (non-hydrogen) atoms. The maximum Gasteiger partial charge on any atom is 0.251 e. The number of nitrogens with one attached hydrogen (secondary N) is 1. The van der Waals surface area contributed by atoms with Crippen LogP contribution in [0.1, 0.15) is 18.7 Å². The zero-order valence-electron chi connectivity index (χ0n) is 12.0. The first-order valence-electron chi connectivity index (χ1n) is 7.11. The lowest BCUT2D eigenvalue weighted by atomic mass is 10.2. The Labute approximate surface area is 123 Å². The smallest absolute Gasteiger partial charge is 0.251 e. The summed E-state index contributed by atoms with van der Waals surface area (Å²) in [6.45, 7) is 3.38. The Hall–Kier alpha value is -2.33. The average molecular weight is 282 g/mol. The van der Waals surface area contributed by atoms with E-state index in [1.54, 1.807) is 16.9 Å². The molecule has 1 atom stereocenters. The number of fused-ring (bicyclic) bond motifs is 1. The first kappa shape index (κ1) is 13.6. The molecule has 0 amide bonds. The number of benzene rings is 1. The number of hydrogen-bond donors (Lipinski definition) is 1. The van der Waals surface area contributed by atoms with Gasteiger partial charge in [-0.15, -0.1) is 0 Å². The van der Waals surface area contributed by atoms with E-state index in [4.69, 9.17) is 4.42 Å². The van der Waals surface area contributed by atoms with Crippen LogP contribution < -0.4 is 10.9 Å². The molecule has 0 aliphatic rings. The Morgan fingerprint density at radius 2 is 2.00 bits per heavy atom. The molecular formula is C17H18N2O2. The Balaban J connectivity index is 1.73. The van der Waals surface area contributed by atoms with E-state index in [-0.39, 0.29) is 11.6 Å². The third kappa shape index (κ3) is 2.90. The third-order valence-electron chi connectivity index (χ3n) is 3.65. The summed E-state index contributed by atoms with van der Waals surface area (Å²) in [7, 11) is 0. The van der Waals surface area contributed by atoms with Gasteiger partial charge in [0.1, 0.15) is 5.76 Å². The van der Waals surface area contributed by atoms with Crippen LogP contribution in [0.5, 0.6) is 0 Å². The van der Waals surface area contributed by atoms with E-state index in [1.807, 2.05) is 49.4 Å². The third-order valence-corrected chi connectivity index (χ3v) is 3.65. The lowest BCUT2D eigenvalue weighted by molar-refractivity contribution is 0.423. The fraction of sp³-hybridized carbons (Fsp3) is 0.235. The maximum absolute atomic E-state index is 12.1. The van der Waals surface area contributed by atoms with Crippen LogP contribution >= 0.6 is 0 Å². The van der Waals surface area contributed by atoms with Crippen molar-refractivity contribution in [1.29, 1.82) is 0 Å². The molecule has 1 unspecified atom stereocenters. The molecule has 108 valence electrons. The van der Waals surface area contributed by atoms with Crippen LogP contribution in [0.4, 0.5) is 0 Å². The fourth-order valence-electron chi connectivity index (χ4n) is 2.51. The largest absolute Gasteiger partial charge is 0.468 e. The van der Waals surface area contributed by atoms with Gasteiger partial charge >= 0.3 is 0 Å². The topological polar surface area (TPSA) is 47.2 Å². The standard InChI is InChI=1S/C17H18N2O2/c1-13(16-7-4-12-21-16)18-10-11-19-15-6-3-2-5-14(15)8-9-17(19)20/h2-9,12-13,18H,10-11H2,1H3. The second-order valence-corrected chi connectivity index (χ2v) is 5.07. The summed E-state index contributed by atoms with van der Waals surface area (Å²) in [6, 6.07) is 15.4. The highest BCUT2D eigenvalue weighted by Crippen LogP contribution is 2.13. The maximum atomic E-state index is 12.1. The average Bonchev–Trinajstić information content (AvgIpc) is 3.04.